The van der Waals surface area contributed by atoms with Crippen LogP contribution < -0.4 is 10.6 Å². The number of carbonyl (C=O) groups is 3. The van der Waals surface area contributed by atoms with Crippen LogP contribution in [0.1, 0.15) is 39.2 Å². The maximum Gasteiger partial charge on any atom is 0.272 e. The molecular weight excluding hydrogens is 408 g/mol. The van der Waals surface area contributed by atoms with Gasteiger partial charge >= 0.3 is 0 Å². The topological polar surface area (TPSA) is 109 Å². The summed E-state index contributed by atoms with van der Waals surface area (Å²) in [6.45, 7) is 2.43. The van der Waals surface area contributed by atoms with E-state index >= 15 is 0 Å². The van der Waals surface area contributed by atoms with E-state index in [4.69, 9.17) is 0 Å². The number of hydrogen-bond donors (Lipinski definition) is 2. The van der Waals surface area contributed by atoms with E-state index in [0.29, 0.717) is 12.2 Å². The minimum atomic E-state index is -1.15. The van der Waals surface area contributed by atoms with Gasteiger partial charge in [-0.1, -0.05) is 36.4 Å². The van der Waals surface area contributed by atoms with Crippen LogP contribution in [0.3, 0.4) is 0 Å². The molecule has 0 spiro atoms. The van der Waals surface area contributed by atoms with Crippen molar-refractivity contribution < 1.29 is 14.4 Å². The molecule has 2 N–H and O–H groups in total. The minimum Gasteiger partial charge on any atom is -0.350 e. The summed E-state index contributed by atoms with van der Waals surface area (Å²) in [4.78, 5) is 44.1. The van der Waals surface area contributed by atoms with E-state index in [1.807, 2.05) is 36.4 Å². The van der Waals surface area contributed by atoms with Crippen LogP contribution in [0, 0.1) is 0 Å². The smallest absolute Gasteiger partial charge is 0.272 e. The van der Waals surface area contributed by atoms with E-state index in [2.05, 4.69) is 20.7 Å². The van der Waals surface area contributed by atoms with Crippen LogP contribution in [-0.2, 0) is 24.4 Å². The zero-order valence-corrected chi connectivity index (χ0v) is 17.9. The van der Waals surface area contributed by atoms with Crippen LogP contribution in [0.2, 0.25) is 0 Å². The normalized spacial score (nSPS) is 17.6. The molecule has 3 heterocycles. The van der Waals surface area contributed by atoms with Gasteiger partial charge in [0.2, 0.25) is 5.91 Å². The molecule has 0 saturated heterocycles. The highest BCUT2D eigenvalue weighted by molar-refractivity contribution is 6.01. The van der Waals surface area contributed by atoms with Gasteiger partial charge in [-0.05, 0) is 24.6 Å². The van der Waals surface area contributed by atoms with Crippen molar-refractivity contribution in [2.45, 2.75) is 32.1 Å². The lowest BCUT2D eigenvalue weighted by atomic mass is 9.96. The first-order chi connectivity index (χ1) is 15.4. The Balaban J connectivity index is 1.48. The molecule has 1 atom stereocenters. The van der Waals surface area contributed by atoms with Crippen LogP contribution in [0.4, 0.5) is 0 Å². The number of amides is 3. The number of benzene rings is 1. The van der Waals surface area contributed by atoms with Gasteiger partial charge in [0.05, 0.1) is 18.8 Å². The summed E-state index contributed by atoms with van der Waals surface area (Å²) in [5.74, 6) is -1.08. The number of nitrogens with zero attached hydrogens (tertiary/aromatic N) is 4. The summed E-state index contributed by atoms with van der Waals surface area (Å²) in [5.41, 5.74) is 0.909. The maximum atomic E-state index is 13.0. The Bertz CT molecular complexity index is 1150. The molecule has 1 aliphatic rings. The summed E-state index contributed by atoms with van der Waals surface area (Å²) in [6, 6.07) is 16.4. The Kier molecular flexibility index (Phi) is 5.72. The lowest BCUT2D eigenvalue weighted by Gasteiger charge is -2.40. The SMILES string of the molecule is CN1C(=O)c2cc(C(=O)NCc3ccccn3)nn2CC1(C)C(=O)NCc1ccccc1. The van der Waals surface area contributed by atoms with Crippen molar-refractivity contribution in [1.29, 1.82) is 0 Å². The fourth-order valence-electron chi connectivity index (χ4n) is 3.57. The molecule has 32 heavy (non-hydrogen) atoms. The van der Waals surface area contributed by atoms with Gasteiger partial charge in [0, 0.05) is 25.9 Å². The van der Waals surface area contributed by atoms with Gasteiger partial charge in [-0.15, -0.1) is 0 Å². The van der Waals surface area contributed by atoms with Gasteiger partial charge in [0.25, 0.3) is 11.8 Å². The van der Waals surface area contributed by atoms with Gasteiger partial charge < -0.3 is 15.5 Å². The van der Waals surface area contributed by atoms with Crippen molar-refractivity contribution in [3.8, 4) is 0 Å². The molecule has 0 aliphatic carbocycles. The molecule has 164 valence electrons. The highest BCUT2D eigenvalue weighted by Gasteiger charge is 2.46. The zero-order valence-electron chi connectivity index (χ0n) is 17.9. The van der Waals surface area contributed by atoms with Crippen LogP contribution in [-0.4, -0.2) is 50.0 Å². The van der Waals surface area contributed by atoms with Gasteiger partial charge in [-0.2, -0.15) is 5.10 Å². The average Bonchev–Trinajstić information content (AvgIpc) is 3.24. The first-order valence-electron chi connectivity index (χ1n) is 10.2. The third kappa shape index (κ3) is 4.09. The fourth-order valence-corrected chi connectivity index (χ4v) is 3.57. The third-order valence-electron chi connectivity index (χ3n) is 5.68. The van der Waals surface area contributed by atoms with Crippen molar-refractivity contribution in [1.82, 2.24) is 30.3 Å². The third-order valence-corrected chi connectivity index (χ3v) is 5.68. The molecule has 1 aromatic carbocycles. The van der Waals surface area contributed by atoms with Crippen molar-refractivity contribution in [3.63, 3.8) is 0 Å². The van der Waals surface area contributed by atoms with Crippen molar-refractivity contribution in [3.05, 3.63) is 83.4 Å². The first kappa shape index (κ1) is 21.2. The maximum absolute atomic E-state index is 13.0. The van der Waals surface area contributed by atoms with E-state index in [9.17, 15) is 14.4 Å². The highest BCUT2D eigenvalue weighted by atomic mass is 16.2. The van der Waals surface area contributed by atoms with Gasteiger partial charge in [-0.25, -0.2) is 0 Å². The van der Waals surface area contributed by atoms with E-state index in [-0.39, 0.29) is 36.3 Å². The second-order valence-corrected chi connectivity index (χ2v) is 7.88. The number of aromatic nitrogens is 3. The monoisotopic (exact) mass is 432 g/mol. The number of nitrogens with one attached hydrogen (secondary N) is 2. The van der Waals surface area contributed by atoms with Crippen molar-refractivity contribution >= 4 is 17.7 Å². The van der Waals surface area contributed by atoms with Crippen LogP contribution in [0.5, 0.6) is 0 Å². The van der Waals surface area contributed by atoms with E-state index in [0.717, 1.165) is 5.56 Å². The second kappa shape index (κ2) is 8.62. The average molecular weight is 432 g/mol. The summed E-state index contributed by atoms with van der Waals surface area (Å²) in [5, 5.41) is 9.95. The Morgan fingerprint density at radius 3 is 2.53 bits per heavy atom. The molecule has 3 amide bonds. The quantitative estimate of drug-likeness (QED) is 0.612. The molecule has 0 saturated carbocycles. The predicted octanol–water partition coefficient (Wildman–Crippen LogP) is 1.37. The van der Waals surface area contributed by atoms with Gasteiger partial charge in [0.1, 0.15) is 11.2 Å². The van der Waals surface area contributed by atoms with Gasteiger partial charge in [0.15, 0.2) is 5.69 Å². The Labute approximate surface area is 185 Å². The Morgan fingerprint density at radius 1 is 1.06 bits per heavy atom. The van der Waals surface area contributed by atoms with Crippen LogP contribution in [0.25, 0.3) is 0 Å². The van der Waals surface area contributed by atoms with E-state index in [1.54, 1.807) is 32.3 Å². The molecule has 1 unspecified atom stereocenters. The largest absolute Gasteiger partial charge is 0.350 e. The first-order valence-corrected chi connectivity index (χ1v) is 10.2. The molecule has 9 heteroatoms. The molecule has 0 radical (unpaired) electrons. The Morgan fingerprint density at radius 2 is 1.81 bits per heavy atom. The molecule has 0 bridgehead atoms. The summed E-state index contributed by atoms with van der Waals surface area (Å²) in [6.07, 6.45) is 1.65. The van der Waals surface area contributed by atoms with Crippen LogP contribution >= 0.6 is 0 Å². The molecule has 2 aromatic heterocycles. The number of carbonyl (C=O) groups excluding carboxylic acids is 3. The Hall–Kier alpha value is -4.01. The zero-order chi connectivity index (χ0) is 22.7. The summed E-state index contributed by atoms with van der Waals surface area (Å²) >= 11 is 0. The fraction of sp³-hybridized carbons (Fsp3) is 0.261. The second-order valence-electron chi connectivity index (χ2n) is 7.88. The molecule has 9 nitrogen and oxygen atoms in total. The van der Waals surface area contributed by atoms with E-state index < -0.39 is 11.4 Å². The minimum absolute atomic E-state index is 0.117. The number of hydrogen-bond acceptors (Lipinski definition) is 5. The number of rotatable bonds is 6. The lowest BCUT2D eigenvalue weighted by Crippen LogP contribution is -2.62. The predicted molar refractivity (Wildman–Crippen MR) is 116 cm³/mol. The molecule has 3 aromatic rings. The lowest BCUT2D eigenvalue weighted by molar-refractivity contribution is -0.132. The number of pyridine rings is 1. The van der Waals surface area contributed by atoms with Crippen LogP contribution in [0.15, 0.2) is 60.8 Å². The van der Waals surface area contributed by atoms with Crippen molar-refractivity contribution in [2.75, 3.05) is 7.05 Å². The van der Waals surface area contributed by atoms with E-state index in [1.165, 1.54) is 15.6 Å². The summed E-state index contributed by atoms with van der Waals surface area (Å²) in [7, 11) is 1.59. The number of fused-ring (bicyclic) bond motifs is 1. The highest BCUT2D eigenvalue weighted by Crippen LogP contribution is 2.26. The van der Waals surface area contributed by atoms with Gasteiger partial charge in [-0.3, -0.25) is 24.0 Å². The molecular formula is C23H24N6O3. The van der Waals surface area contributed by atoms with Crippen molar-refractivity contribution in [2.24, 2.45) is 0 Å². The molecule has 1 aliphatic heterocycles. The summed E-state index contributed by atoms with van der Waals surface area (Å²) < 4.78 is 1.43. The standard InChI is InChI=1S/C23H24N6O3/c1-23(22(32)26-13-16-8-4-3-5-9-16)15-29-19(21(31)28(23)2)12-18(27-29)20(30)25-14-17-10-6-7-11-24-17/h3-12H,13-15H2,1-2H3,(H,25,30)(H,26,32). The molecule has 4 rings (SSSR count). The number of likely N-dealkylation sites (N-methyl/N-ethyl adjacent to an activating group) is 1. The molecule has 0 fully saturated rings.